The van der Waals surface area contributed by atoms with E-state index in [-0.39, 0.29) is 5.75 Å². The summed E-state index contributed by atoms with van der Waals surface area (Å²) >= 11 is 0. The minimum absolute atomic E-state index is 0.279. The van der Waals surface area contributed by atoms with E-state index >= 15 is 0 Å². The highest BCUT2D eigenvalue weighted by Crippen LogP contribution is 2.26. The van der Waals surface area contributed by atoms with E-state index in [0.717, 1.165) is 35.4 Å². The Hall–Kier alpha value is -2.14. The van der Waals surface area contributed by atoms with Gasteiger partial charge in [-0.05, 0) is 61.4 Å². The molecule has 3 nitrogen and oxygen atoms in total. The van der Waals surface area contributed by atoms with Crippen LogP contribution in [0.25, 0.3) is 0 Å². The molecule has 0 unspecified atom stereocenters. The summed E-state index contributed by atoms with van der Waals surface area (Å²) in [6.07, 6.45) is 0.997. The first-order chi connectivity index (χ1) is 11.9. The van der Waals surface area contributed by atoms with Crippen molar-refractivity contribution in [1.82, 2.24) is 0 Å². The smallest absolute Gasteiger partial charge is 0.387 e. The number of rotatable bonds is 8. The molecule has 0 saturated heterocycles. The fraction of sp³-hybridized carbons (Fsp3) is 0.400. The molecule has 25 heavy (non-hydrogen) atoms. The zero-order valence-electron chi connectivity index (χ0n) is 15.2. The van der Waals surface area contributed by atoms with Gasteiger partial charge in [-0.2, -0.15) is 8.78 Å². The van der Waals surface area contributed by atoms with Crippen LogP contribution >= 0.6 is 0 Å². The number of benzene rings is 2. The van der Waals surface area contributed by atoms with Crippen molar-refractivity contribution >= 4 is 0 Å². The molecular weight excluding hydrogens is 324 g/mol. The van der Waals surface area contributed by atoms with Gasteiger partial charge in [0.1, 0.15) is 24.1 Å². The zero-order valence-corrected chi connectivity index (χ0v) is 15.2. The van der Waals surface area contributed by atoms with E-state index < -0.39 is 6.61 Å². The van der Waals surface area contributed by atoms with Crippen molar-refractivity contribution in [2.75, 3.05) is 7.11 Å². The second kappa shape index (κ2) is 8.81. The zero-order chi connectivity index (χ0) is 18.4. The summed E-state index contributed by atoms with van der Waals surface area (Å²) in [5, 5.41) is 2.27. The number of nitrogens with two attached hydrogens (primary N) is 1. The van der Waals surface area contributed by atoms with Gasteiger partial charge in [0.25, 0.3) is 0 Å². The van der Waals surface area contributed by atoms with Gasteiger partial charge in [0, 0.05) is 17.5 Å². The second-order valence-electron chi connectivity index (χ2n) is 6.16. The van der Waals surface area contributed by atoms with Gasteiger partial charge in [0.15, 0.2) is 0 Å². The van der Waals surface area contributed by atoms with Crippen LogP contribution < -0.4 is 14.8 Å². The van der Waals surface area contributed by atoms with E-state index in [1.807, 2.05) is 24.3 Å². The summed E-state index contributed by atoms with van der Waals surface area (Å²) in [4.78, 5) is 0. The van der Waals surface area contributed by atoms with Crippen LogP contribution in [0.5, 0.6) is 11.5 Å². The molecule has 2 N–H and O–H groups in total. The summed E-state index contributed by atoms with van der Waals surface area (Å²) in [5.41, 5.74) is 3.82. The number of aryl methyl sites for hydroxylation is 2. The summed E-state index contributed by atoms with van der Waals surface area (Å²) in [5.74, 6) is 1.13. The molecule has 2 aromatic carbocycles. The standard InChI is InChI=1S/C20H25F2NO2/c1-5-18(16-6-8-17(24-4)9-7-16)23-12-15-10-13(2)19(14(3)11-15)25-20(21)22/h6-11,18,20,23H,5,12H2,1-4H3/p+1/t18-/m0/s1. The largest absolute Gasteiger partial charge is 0.497 e. The SMILES string of the molecule is CC[C@H]([NH2+]Cc1cc(C)c(OC(F)F)c(C)c1)c1ccc(OC)cc1. The Labute approximate surface area is 148 Å². The number of alkyl halides is 2. The normalized spacial score (nSPS) is 12.3. The van der Waals surface area contributed by atoms with E-state index in [1.54, 1.807) is 21.0 Å². The van der Waals surface area contributed by atoms with Crippen LogP contribution in [0.1, 0.15) is 41.6 Å². The number of ether oxygens (including phenoxy) is 2. The van der Waals surface area contributed by atoms with Crippen LogP contribution in [0, 0.1) is 13.8 Å². The van der Waals surface area contributed by atoms with Gasteiger partial charge in [0.2, 0.25) is 0 Å². The highest BCUT2D eigenvalue weighted by molar-refractivity contribution is 5.43. The first-order valence-corrected chi connectivity index (χ1v) is 8.46. The van der Waals surface area contributed by atoms with Crippen molar-refractivity contribution in [2.45, 2.75) is 46.4 Å². The van der Waals surface area contributed by atoms with E-state index in [0.29, 0.717) is 6.04 Å². The van der Waals surface area contributed by atoms with Crippen LogP contribution in [0.2, 0.25) is 0 Å². The van der Waals surface area contributed by atoms with E-state index in [9.17, 15) is 8.78 Å². The molecule has 0 fully saturated rings. The predicted molar refractivity (Wildman–Crippen MR) is 94.2 cm³/mol. The molecule has 2 rings (SSSR count). The first kappa shape index (κ1) is 19.2. The monoisotopic (exact) mass is 350 g/mol. The van der Waals surface area contributed by atoms with Crippen LogP contribution in [-0.4, -0.2) is 13.7 Å². The molecule has 0 bridgehead atoms. The first-order valence-electron chi connectivity index (χ1n) is 8.46. The lowest BCUT2D eigenvalue weighted by atomic mass is 10.0. The Morgan fingerprint density at radius 1 is 1.04 bits per heavy atom. The Bertz CT molecular complexity index is 664. The molecule has 0 heterocycles. The van der Waals surface area contributed by atoms with Crippen molar-refractivity contribution in [3.05, 3.63) is 58.7 Å². The highest BCUT2D eigenvalue weighted by Gasteiger charge is 2.15. The molecule has 136 valence electrons. The molecule has 2 aromatic rings. The molecule has 0 radical (unpaired) electrons. The van der Waals surface area contributed by atoms with Gasteiger partial charge in [-0.15, -0.1) is 0 Å². The summed E-state index contributed by atoms with van der Waals surface area (Å²) in [6.45, 7) is 3.74. The Balaban J connectivity index is 2.08. The predicted octanol–water partition coefficient (Wildman–Crippen LogP) is 4.13. The number of halogens is 2. The molecule has 0 saturated carbocycles. The van der Waals surface area contributed by atoms with Gasteiger partial charge >= 0.3 is 6.61 Å². The molecule has 0 amide bonds. The number of quaternary nitrogens is 1. The molecule has 0 aliphatic heterocycles. The second-order valence-corrected chi connectivity index (χ2v) is 6.16. The summed E-state index contributed by atoms with van der Waals surface area (Å²) in [7, 11) is 1.66. The fourth-order valence-corrected chi connectivity index (χ4v) is 3.10. The maximum atomic E-state index is 12.5. The minimum Gasteiger partial charge on any atom is -0.497 e. The fourth-order valence-electron chi connectivity index (χ4n) is 3.10. The lowest BCUT2D eigenvalue weighted by Crippen LogP contribution is -2.83. The molecule has 0 aliphatic carbocycles. The van der Waals surface area contributed by atoms with Crippen LogP contribution in [0.4, 0.5) is 8.78 Å². The molecule has 5 heteroatoms. The van der Waals surface area contributed by atoms with Crippen molar-refractivity contribution in [2.24, 2.45) is 0 Å². The number of hydrogen-bond donors (Lipinski definition) is 1. The molecule has 0 aromatic heterocycles. The van der Waals surface area contributed by atoms with E-state index in [2.05, 4.69) is 29.1 Å². The Morgan fingerprint density at radius 3 is 2.12 bits per heavy atom. The Morgan fingerprint density at radius 2 is 1.64 bits per heavy atom. The van der Waals surface area contributed by atoms with Crippen molar-refractivity contribution < 1.29 is 23.6 Å². The van der Waals surface area contributed by atoms with Crippen LogP contribution in [0.15, 0.2) is 36.4 Å². The average Bonchev–Trinajstić information content (AvgIpc) is 2.59. The third kappa shape index (κ3) is 5.16. The Kier molecular flexibility index (Phi) is 6.76. The minimum atomic E-state index is -2.80. The van der Waals surface area contributed by atoms with Gasteiger partial charge < -0.3 is 14.8 Å². The molecule has 0 aliphatic rings. The van der Waals surface area contributed by atoms with Crippen molar-refractivity contribution in [1.29, 1.82) is 0 Å². The van der Waals surface area contributed by atoms with Gasteiger partial charge in [-0.1, -0.05) is 6.92 Å². The van der Waals surface area contributed by atoms with Crippen LogP contribution in [-0.2, 0) is 6.54 Å². The number of hydrogen-bond acceptors (Lipinski definition) is 2. The maximum Gasteiger partial charge on any atom is 0.387 e. The number of methoxy groups -OCH3 is 1. The molecule has 1 atom stereocenters. The lowest BCUT2D eigenvalue weighted by molar-refractivity contribution is -0.711. The highest BCUT2D eigenvalue weighted by atomic mass is 19.3. The van der Waals surface area contributed by atoms with Crippen LogP contribution in [0.3, 0.4) is 0 Å². The van der Waals surface area contributed by atoms with E-state index in [4.69, 9.17) is 4.74 Å². The van der Waals surface area contributed by atoms with E-state index in [1.165, 1.54) is 5.56 Å². The maximum absolute atomic E-state index is 12.5. The third-order valence-electron chi connectivity index (χ3n) is 4.35. The third-order valence-corrected chi connectivity index (χ3v) is 4.35. The molecule has 0 spiro atoms. The van der Waals surface area contributed by atoms with Gasteiger partial charge in [0.05, 0.1) is 7.11 Å². The van der Waals surface area contributed by atoms with Crippen molar-refractivity contribution in [3.8, 4) is 11.5 Å². The van der Waals surface area contributed by atoms with Crippen molar-refractivity contribution in [3.63, 3.8) is 0 Å². The molecular formula is C20H26F2NO2+. The van der Waals surface area contributed by atoms with Gasteiger partial charge in [-0.25, -0.2) is 0 Å². The lowest BCUT2D eigenvalue weighted by Gasteiger charge is -2.16. The topological polar surface area (TPSA) is 35.1 Å². The average molecular weight is 350 g/mol. The quantitative estimate of drug-likeness (QED) is 0.777. The summed E-state index contributed by atoms with van der Waals surface area (Å²) in [6, 6.07) is 12.3. The van der Waals surface area contributed by atoms with Gasteiger partial charge in [-0.3, -0.25) is 0 Å². The summed E-state index contributed by atoms with van der Waals surface area (Å²) < 4.78 is 34.8.